The molecule has 1 aromatic carbocycles. The Kier molecular flexibility index (Phi) is 2.91. The van der Waals surface area contributed by atoms with Gasteiger partial charge in [-0.1, -0.05) is 0 Å². The van der Waals surface area contributed by atoms with Gasteiger partial charge >= 0.3 is 0 Å². The van der Waals surface area contributed by atoms with Crippen LogP contribution >= 0.6 is 15.9 Å². The highest BCUT2D eigenvalue weighted by atomic mass is 79.9. The summed E-state index contributed by atoms with van der Waals surface area (Å²) in [5, 5.41) is 10.5. The van der Waals surface area contributed by atoms with E-state index < -0.39 is 4.92 Å². The predicted octanol–water partition coefficient (Wildman–Crippen LogP) is 2.81. The number of hydrogen-bond donors (Lipinski definition) is 0. The van der Waals surface area contributed by atoms with Crippen molar-refractivity contribution in [1.82, 2.24) is 9.97 Å². The van der Waals surface area contributed by atoms with Crippen LogP contribution in [-0.2, 0) is 0 Å². The molecule has 0 aliphatic carbocycles. The van der Waals surface area contributed by atoms with Crippen LogP contribution in [0.2, 0.25) is 0 Å². The van der Waals surface area contributed by atoms with Crippen LogP contribution in [0.25, 0.3) is 11.3 Å². The van der Waals surface area contributed by atoms with Crippen LogP contribution in [0, 0.1) is 10.1 Å². The number of benzene rings is 1. The standard InChI is InChI=1S/C10H6BrN3O2/c11-10-6-12-9(5-13-10)7-1-3-8(4-2-7)14(15)16/h1-6H. The lowest BCUT2D eigenvalue weighted by Crippen LogP contribution is -1.89. The lowest BCUT2D eigenvalue weighted by molar-refractivity contribution is -0.384. The van der Waals surface area contributed by atoms with E-state index in [9.17, 15) is 10.1 Å². The summed E-state index contributed by atoms with van der Waals surface area (Å²) in [6, 6.07) is 6.18. The monoisotopic (exact) mass is 279 g/mol. The van der Waals surface area contributed by atoms with Gasteiger partial charge in [-0.3, -0.25) is 15.1 Å². The van der Waals surface area contributed by atoms with Gasteiger partial charge in [0.2, 0.25) is 0 Å². The van der Waals surface area contributed by atoms with Crippen molar-refractivity contribution in [2.75, 3.05) is 0 Å². The number of nitro groups is 1. The van der Waals surface area contributed by atoms with Crippen molar-refractivity contribution in [3.63, 3.8) is 0 Å². The largest absolute Gasteiger partial charge is 0.269 e. The second kappa shape index (κ2) is 4.36. The van der Waals surface area contributed by atoms with Crippen LogP contribution in [0.1, 0.15) is 0 Å². The minimum atomic E-state index is -0.433. The number of nitro benzene ring substituents is 1. The zero-order valence-corrected chi connectivity index (χ0v) is 9.59. The lowest BCUT2D eigenvalue weighted by Gasteiger charge is -1.99. The van der Waals surface area contributed by atoms with Crippen LogP contribution in [0.4, 0.5) is 5.69 Å². The van der Waals surface area contributed by atoms with Crippen molar-refractivity contribution in [2.24, 2.45) is 0 Å². The molecule has 1 heterocycles. The lowest BCUT2D eigenvalue weighted by atomic mass is 10.1. The minimum absolute atomic E-state index is 0.0637. The maximum Gasteiger partial charge on any atom is 0.269 e. The Morgan fingerprint density at radius 2 is 1.81 bits per heavy atom. The average Bonchev–Trinajstić information content (AvgIpc) is 2.30. The summed E-state index contributed by atoms with van der Waals surface area (Å²) >= 11 is 3.19. The zero-order valence-electron chi connectivity index (χ0n) is 8.00. The second-order valence-corrected chi connectivity index (χ2v) is 3.84. The van der Waals surface area contributed by atoms with Gasteiger partial charge in [-0.2, -0.15) is 0 Å². The van der Waals surface area contributed by atoms with Gasteiger partial charge < -0.3 is 0 Å². The molecule has 0 spiro atoms. The summed E-state index contributed by atoms with van der Waals surface area (Å²) < 4.78 is 0.651. The molecule has 0 saturated heterocycles. The molecule has 0 fully saturated rings. The zero-order chi connectivity index (χ0) is 11.5. The molecule has 0 aliphatic heterocycles. The van der Waals surface area contributed by atoms with E-state index in [1.54, 1.807) is 24.5 Å². The van der Waals surface area contributed by atoms with Gasteiger partial charge in [0.05, 0.1) is 23.0 Å². The summed E-state index contributed by atoms with van der Waals surface area (Å²) in [7, 11) is 0. The average molecular weight is 280 g/mol. The van der Waals surface area contributed by atoms with E-state index in [-0.39, 0.29) is 5.69 Å². The maximum atomic E-state index is 10.5. The fraction of sp³-hybridized carbons (Fsp3) is 0. The first kappa shape index (κ1) is 10.7. The van der Waals surface area contributed by atoms with Gasteiger partial charge in [-0.25, -0.2) is 4.98 Å². The Morgan fingerprint density at radius 1 is 1.12 bits per heavy atom. The number of nitrogens with zero attached hydrogens (tertiary/aromatic N) is 3. The Hall–Kier alpha value is -1.82. The third-order valence-electron chi connectivity index (χ3n) is 1.99. The summed E-state index contributed by atoms with van der Waals surface area (Å²) in [4.78, 5) is 18.2. The van der Waals surface area contributed by atoms with Gasteiger partial charge in [-0.15, -0.1) is 0 Å². The first-order chi connectivity index (χ1) is 7.66. The summed E-state index contributed by atoms with van der Waals surface area (Å²) in [5.41, 5.74) is 1.54. The quantitative estimate of drug-likeness (QED) is 0.626. The summed E-state index contributed by atoms with van der Waals surface area (Å²) in [6.45, 7) is 0. The summed E-state index contributed by atoms with van der Waals surface area (Å²) in [5.74, 6) is 0. The number of hydrogen-bond acceptors (Lipinski definition) is 4. The highest BCUT2D eigenvalue weighted by molar-refractivity contribution is 9.10. The number of halogens is 1. The fourth-order valence-corrected chi connectivity index (χ4v) is 1.42. The van der Waals surface area contributed by atoms with E-state index in [1.807, 2.05) is 0 Å². The number of rotatable bonds is 2. The van der Waals surface area contributed by atoms with E-state index in [2.05, 4.69) is 25.9 Å². The van der Waals surface area contributed by atoms with Gasteiger partial charge in [0.25, 0.3) is 5.69 Å². The smallest absolute Gasteiger partial charge is 0.258 e. The van der Waals surface area contributed by atoms with Crippen LogP contribution in [0.3, 0.4) is 0 Å². The molecule has 0 bridgehead atoms. The molecule has 80 valence electrons. The van der Waals surface area contributed by atoms with Crippen molar-refractivity contribution in [3.05, 3.63) is 51.4 Å². The number of non-ortho nitro benzene ring substituents is 1. The first-order valence-electron chi connectivity index (χ1n) is 4.39. The molecule has 0 amide bonds. The molecule has 0 radical (unpaired) electrons. The molecule has 2 rings (SSSR count). The Balaban J connectivity index is 2.34. The molecule has 6 heteroatoms. The highest BCUT2D eigenvalue weighted by Crippen LogP contribution is 2.20. The molecule has 0 aliphatic rings. The molecule has 0 saturated carbocycles. The third-order valence-corrected chi connectivity index (χ3v) is 2.40. The SMILES string of the molecule is O=[N+]([O-])c1ccc(-c2cnc(Br)cn2)cc1. The number of aromatic nitrogens is 2. The molecule has 16 heavy (non-hydrogen) atoms. The van der Waals surface area contributed by atoms with Crippen molar-refractivity contribution < 1.29 is 4.92 Å². The third kappa shape index (κ3) is 2.22. The molecule has 2 aromatic rings. The van der Waals surface area contributed by atoms with Crippen LogP contribution in [0.15, 0.2) is 41.3 Å². The fourth-order valence-electron chi connectivity index (χ4n) is 1.22. The summed E-state index contributed by atoms with van der Waals surface area (Å²) in [6.07, 6.45) is 3.18. The topological polar surface area (TPSA) is 68.9 Å². The van der Waals surface area contributed by atoms with E-state index in [0.29, 0.717) is 10.3 Å². The normalized spacial score (nSPS) is 10.1. The predicted molar refractivity (Wildman–Crippen MR) is 61.8 cm³/mol. The van der Waals surface area contributed by atoms with E-state index in [1.165, 1.54) is 12.1 Å². The molecule has 1 aromatic heterocycles. The van der Waals surface area contributed by atoms with Gasteiger partial charge in [0, 0.05) is 17.7 Å². The van der Waals surface area contributed by atoms with Crippen molar-refractivity contribution >= 4 is 21.6 Å². The Morgan fingerprint density at radius 3 is 2.31 bits per heavy atom. The van der Waals surface area contributed by atoms with Crippen LogP contribution < -0.4 is 0 Å². The van der Waals surface area contributed by atoms with Crippen molar-refractivity contribution in [3.8, 4) is 11.3 Å². The molecular formula is C10H6BrN3O2. The Bertz CT molecular complexity index is 511. The van der Waals surface area contributed by atoms with Gasteiger partial charge in [0.15, 0.2) is 0 Å². The van der Waals surface area contributed by atoms with E-state index in [4.69, 9.17) is 0 Å². The van der Waals surface area contributed by atoms with Gasteiger partial charge in [0.1, 0.15) is 4.60 Å². The van der Waals surface area contributed by atoms with E-state index in [0.717, 1.165) is 5.56 Å². The maximum absolute atomic E-state index is 10.5. The van der Waals surface area contributed by atoms with Gasteiger partial charge in [-0.05, 0) is 28.1 Å². The second-order valence-electron chi connectivity index (χ2n) is 3.03. The first-order valence-corrected chi connectivity index (χ1v) is 5.18. The molecule has 5 nitrogen and oxygen atoms in total. The molecular weight excluding hydrogens is 274 g/mol. The Labute approximate surface area is 99.4 Å². The van der Waals surface area contributed by atoms with Crippen LogP contribution in [-0.4, -0.2) is 14.9 Å². The van der Waals surface area contributed by atoms with Crippen molar-refractivity contribution in [1.29, 1.82) is 0 Å². The minimum Gasteiger partial charge on any atom is -0.258 e. The van der Waals surface area contributed by atoms with Crippen molar-refractivity contribution in [2.45, 2.75) is 0 Å². The molecule has 0 atom stereocenters. The molecule has 0 unspecified atom stereocenters. The van der Waals surface area contributed by atoms with E-state index >= 15 is 0 Å². The molecule has 0 N–H and O–H groups in total. The highest BCUT2D eigenvalue weighted by Gasteiger charge is 2.05. The van der Waals surface area contributed by atoms with Crippen LogP contribution in [0.5, 0.6) is 0 Å².